The Morgan fingerprint density at radius 1 is 1.35 bits per heavy atom. The van der Waals surface area contributed by atoms with Crippen LogP contribution < -0.4 is 14.8 Å². The zero-order chi connectivity index (χ0) is 14.5. The molecule has 0 aliphatic heterocycles. The summed E-state index contributed by atoms with van der Waals surface area (Å²) >= 11 is 6.17. The maximum absolute atomic E-state index is 6.17. The molecule has 0 spiro atoms. The highest BCUT2D eigenvalue weighted by molar-refractivity contribution is 6.32. The zero-order valence-corrected chi connectivity index (χ0v) is 12.4. The van der Waals surface area contributed by atoms with Crippen LogP contribution in [-0.2, 0) is 6.54 Å². The highest BCUT2D eigenvalue weighted by atomic mass is 35.5. The standard InChI is InChI=1S/C13H17ClN4O2/c1-8(13-16-7-17-18-13)15-6-9-4-10(14)12(20-3)11(5-9)19-2/h4-5,7-8,15H,6H2,1-3H3,(H,16,17,18). The summed E-state index contributed by atoms with van der Waals surface area (Å²) in [5.74, 6) is 1.95. The number of nitrogens with zero attached hydrogens (tertiary/aromatic N) is 2. The molecule has 2 rings (SSSR count). The average Bonchev–Trinajstić information content (AvgIpc) is 2.98. The fourth-order valence-electron chi connectivity index (χ4n) is 1.86. The minimum Gasteiger partial charge on any atom is -0.493 e. The van der Waals surface area contributed by atoms with Crippen molar-refractivity contribution in [1.29, 1.82) is 0 Å². The number of halogens is 1. The molecular weight excluding hydrogens is 280 g/mol. The van der Waals surface area contributed by atoms with Crippen LogP contribution >= 0.6 is 11.6 Å². The lowest BCUT2D eigenvalue weighted by atomic mass is 10.2. The lowest BCUT2D eigenvalue weighted by molar-refractivity contribution is 0.354. The molecule has 0 saturated carbocycles. The molecule has 0 aliphatic rings. The van der Waals surface area contributed by atoms with Crippen LogP contribution in [0.3, 0.4) is 0 Å². The van der Waals surface area contributed by atoms with E-state index in [-0.39, 0.29) is 6.04 Å². The van der Waals surface area contributed by atoms with Crippen molar-refractivity contribution < 1.29 is 9.47 Å². The number of aromatic nitrogens is 3. The number of H-pyrrole nitrogens is 1. The molecule has 1 atom stereocenters. The summed E-state index contributed by atoms with van der Waals surface area (Å²) in [4.78, 5) is 4.11. The average molecular weight is 297 g/mol. The second-order valence-electron chi connectivity index (χ2n) is 4.29. The van der Waals surface area contributed by atoms with Gasteiger partial charge in [0.2, 0.25) is 0 Å². The summed E-state index contributed by atoms with van der Waals surface area (Å²) in [6.45, 7) is 2.63. The molecule has 108 valence electrons. The predicted molar refractivity (Wildman–Crippen MR) is 76.2 cm³/mol. The molecule has 0 aliphatic carbocycles. The lowest BCUT2D eigenvalue weighted by Gasteiger charge is -2.14. The minimum absolute atomic E-state index is 0.0596. The van der Waals surface area contributed by atoms with E-state index in [9.17, 15) is 0 Å². The summed E-state index contributed by atoms with van der Waals surface area (Å²) in [7, 11) is 3.15. The zero-order valence-electron chi connectivity index (χ0n) is 11.6. The van der Waals surface area contributed by atoms with E-state index in [1.165, 1.54) is 6.33 Å². The molecule has 1 heterocycles. The quantitative estimate of drug-likeness (QED) is 0.856. The van der Waals surface area contributed by atoms with Crippen molar-refractivity contribution in [2.75, 3.05) is 14.2 Å². The molecule has 0 amide bonds. The van der Waals surface area contributed by atoms with Gasteiger partial charge in [0.15, 0.2) is 11.5 Å². The van der Waals surface area contributed by atoms with Gasteiger partial charge in [-0.25, -0.2) is 4.98 Å². The van der Waals surface area contributed by atoms with Crippen molar-refractivity contribution in [3.05, 3.63) is 34.9 Å². The molecule has 0 fully saturated rings. The van der Waals surface area contributed by atoms with Crippen LogP contribution in [0.15, 0.2) is 18.5 Å². The SMILES string of the molecule is COc1cc(CNC(C)c2ncn[nH]2)cc(Cl)c1OC. The Hall–Kier alpha value is -1.79. The molecule has 0 saturated heterocycles. The van der Waals surface area contributed by atoms with Crippen molar-refractivity contribution in [2.24, 2.45) is 0 Å². The van der Waals surface area contributed by atoms with E-state index in [0.29, 0.717) is 23.1 Å². The highest BCUT2D eigenvalue weighted by Gasteiger charge is 2.12. The second-order valence-corrected chi connectivity index (χ2v) is 4.69. The maximum atomic E-state index is 6.17. The number of nitrogens with one attached hydrogen (secondary N) is 2. The largest absolute Gasteiger partial charge is 0.493 e. The van der Waals surface area contributed by atoms with Crippen LogP contribution in [-0.4, -0.2) is 29.4 Å². The summed E-state index contributed by atoms with van der Waals surface area (Å²) < 4.78 is 10.5. The first kappa shape index (κ1) is 14.6. The Balaban J connectivity index is 2.08. The maximum Gasteiger partial charge on any atom is 0.179 e. The third kappa shape index (κ3) is 3.20. The van der Waals surface area contributed by atoms with Gasteiger partial charge in [0.25, 0.3) is 0 Å². The van der Waals surface area contributed by atoms with Gasteiger partial charge in [0.1, 0.15) is 12.2 Å². The monoisotopic (exact) mass is 296 g/mol. The number of aromatic amines is 1. The van der Waals surface area contributed by atoms with Crippen molar-refractivity contribution in [1.82, 2.24) is 20.5 Å². The van der Waals surface area contributed by atoms with E-state index < -0.39 is 0 Å². The Kier molecular flexibility index (Phi) is 4.81. The molecule has 0 radical (unpaired) electrons. The molecule has 20 heavy (non-hydrogen) atoms. The summed E-state index contributed by atoms with van der Waals surface area (Å²) in [5.41, 5.74) is 0.999. The third-order valence-electron chi connectivity index (χ3n) is 2.95. The van der Waals surface area contributed by atoms with Crippen LogP contribution in [0.1, 0.15) is 24.4 Å². The fraction of sp³-hybridized carbons (Fsp3) is 0.385. The molecule has 2 N–H and O–H groups in total. The van der Waals surface area contributed by atoms with Crippen LogP contribution in [0.5, 0.6) is 11.5 Å². The number of hydrogen-bond donors (Lipinski definition) is 2. The number of rotatable bonds is 6. The normalized spacial score (nSPS) is 12.2. The van der Waals surface area contributed by atoms with E-state index in [0.717, 1.165) is 11.4 Å². The Morgan fingerprint density at radius 2 is 2.15 bits per heavy atom. The van der Waals surface area contributed by atoms with E-state index in [1.807, 2.05) is 19.1 Å². The Bertz CT molecular complexity index is 560. The van der Waals surface area contributed by atoms with Crippen molar-refractivity contribution >= 4 is 11.6 Å². The molecule has 6 nitrogen and oxygen atoms in total. The topological polar surface area (TPSA) is 72.1 Å². The summed E-state index contributed by atoms with van der Waals surface area (Å²) in [6.07, 6.45) is 1.49. The number of hydrogen-bond acceptors (Lipinski definition) is 5. The summed E-state index contributed by atoms with van der Waals surface area (Å²) in [5, 5.41) is 10.5. The minimum atomic E-state index is 0.0596. The Labute approximate surface area is 122 Å². The number of benzene rings is 1. The van der Waals surface area contributed by atoms with Crippen molar-refractivity contribution in [3.63, 3.8) is 0 Å². The van der Waals surface area contributed by atoms with Crippen molar-refractivity contribution in [2.45, 2.75) is 19.5 Å². The number of ether oxygens (including phenoxy) is 2. The van der Waals surface area contributed by atoms with Gasteiger partial charge in [-0.2, -0.15) is 5.10 Å². The lowest BCUT2D eigenvalue weighted by Crippen LogP contribution is -2.19. The molecule has 1 aromatic heterocycles. The van der Waals surface area contributed by atoms with Gasteiger partial charge < -0.3 is 14.8 Å². The van der Waals surface area contributed by atoms with Gasteiger partial charge in [0, 0.05) is 6.54 Å². The second kappa shape index (κ2) is 6.58. The predicted octanol–water partition coefficient (Wildman–Crippen LogP) is 2.33. The van der Waals surface area contributed by atoms with Crippen LogP contribution in [0.2, 0.25) is 5.02 Å². The van der Waals surface area contributed by atoms with Crippen molar-refractivity contribution in [3.8, 4) is 11.5 Å². The molecule has 1 unspecified atom stereocenters. The first-order valence-electron chi connectivity index (χ1n) is 6.14. The highest BCUT2D eigenvalue weighted by Crippen LogP contribution is 2.36. The number of methoxy groups -OCH3 is 2. The van der Waals surface area contributed by atoms with E-state index in [2.05, 4.69) is 20.5 Å². The first-order valence-corrected chi connectivity index (χ1v) is 6.52. The third-order valence-corrected chi connectivity index (χ3v) is 3.23. The van der Waals surface area contributed by atoms with Gasteiger partial charge >= 0.3 is 0 Å². The Morgan fingerprint density at radius 3 is 2.75 bits per heavy atom. The van der Waals surface area contributed by atoms with Crippen LogP contribution in [0.4, 0.5) is 0 Å². The molecule has 0 bridgehead atoms. The van der Waals surface area contributed by atoms with E-state index in [1.54, 1.807) is 14.2 Å². The first-order chi connectivity index (χ1) is 9.65. The van der Waals surface area contributed by atoms with Gasteiger partial charge in [-0.15, -0.1) is 0 Å². The van der Waals surface area contributed by atoms with Gasteiger partial charge in [0.05, 0.1) is 25.3 Å². The van der Waals surface area contributed by atoms with Gasteiger partial charge in [-0.3, -0.25) is 5.10 Å². The van der Waals surface area contributed by atoms with Crippen LogP contribution in [0.25, 0.3) is 0 Å². The van der Waals surface area contributed by atoms with Crippen LogP contribution in [0, 0.1) is 0 Å². The summed E-state index contributed by atoms with van der Waals surface area (Å²) in [6, 6.07) is 3.80. The molecule has 1 aromatic carbocycles. The molecule has 7 heteroatoms. The molecule has 2 aromatic rings. The van der Waals surface area contributed by atoms with Gasteiger partial charge in [-0.1, -0.05) is 11.6 Å². The van der Waals surface area contributed by atoms with Gasteiger partial charge in [-0.05, 0) is 24.6 Å². The van der Waals surface area contributed by atoms with E-state index >= 15 is 0 Å². The van der Waals surface area contributed by atoms with E-state index in [4.69, 9.17) is 21.1 Å². The fourth-order valence-corrected chi connectivity index (χ4v) is 2.18. The smallest absolute Gasteiger partial charge is 0.179 e. The molecular formula is C13H17ClN4O2.